The number of nitrogens with zero attached hydrogens (tertiary/aromatic N) is 3. The van der Waals surface area contributed by atoms with Gasteiger partial charge in [0.15, 0.2) is 0 Å². The molecule has 2 heterocycles. The number of carbonyl (C=O) groups is 1. The van der Waals surface area contributed by atoms with E-state index in [0.717, 1.165) is 31.7 Å². The lowest BCUT2D eigenvalue weighted by molar-refractivity contribution is -0.138. The molecule has 0 radical (unpaired) electrons. The Labute approximate surface area is 118 Å². The molecule has 20 heavy (non-hydrogen) atoms. The number of hydrogen-bond acceptors (Lipinski definition) is 4. The third-order valence-corrected chi connectivity index (χ3v) is 3.96. The fourth-order valence-electron chi connectivity index (χ4n) is 2.79. The number of carboxylic acid groups (broad SMARTS) is 1. The third kappa shape index (κ3) is 3.47. The van der Waals surface area contributed by atoms with E-state index in [-0.39, 0.29) is 12.3 Å². The standard InChI is InChI=1S/C15H19N3O2/c1-11(7-15(19)20)13-3-2-6-18(10-13)14-8-12(9-16)4-5-17-14/h4-5,8,11,13H,2-3,6-7,10H2,1H3,(H,19,20). The molecule has 1 fully saturated rings. The Morgan fingerprint density at radius 2 is 2.50 bits per heavy atom. The van der Waals surface area contributed by atoms with Crippen LogP contribution < -0.4 is 4.90 Å². The van der Waals surface area contributed by atoms with E-state index in [1.807, 2.05) is 6.92 Å². The Balaban J connectivity index is 2.06. The molecule has 106 valence electrons. The zero-order valence-electron chi connectivity index (χ0n) is 11.6. The van der Waals surface area contributed by atoms with Crippen LogP contribution in [-0.2, 0) is 4.79 Å². The first kappa shape index (κ1) is 14.3. The van der Waals surface area contributed by atoms with Crippen LogP contribution in [-0.4, -0.2) is 29.1 Å². The van der Waals surface area contributed by atoms with Crippen molar-refractivity contribution in [2.24, 2.45) is 11.8 Å². The van der Waals surface area contributed by atoms with Crippen molar-refractivity contribution in [3.63, 3.8) is 0 Å². The van der Waals surface area contributed by atoms with Crippen molar-refractivity contribution in [3.8, 4) is 6.07 Å². The molecule has 1 N–H and O–H groups in total. The maximum Gasteiger partial charge on any atom is 0.303 e. The number of hydrogen-bond donors (Lipinski definition) is 1. The number of pyridine rings is 1. The Morgan fingerprint density at radius 3 is 3.20 bits per heavy atom. The van der Waals surface area contributed by atoms with E-state index in [1.54, 1.807) is 18.3 Å². The Bertz CT molecular complexity index is 524. The predicted molar refractivity (Wildman–Crippen MR) is 75.3 cm³/mol. The van der Waals surface area contributed by atoms with Crippen molar-refractivity contribution < 1.29 is 9.90 Å². The van der Waals surface area contributed by atoms with Gasteiger partial charge in [-0.1, -0.05) is 6.92 Å². The van der Waals surface area contributed by atoms with Crippen LogP contribution in [0.25, 0.3) is 0 Å². The smallest absolute Gasteiger partial charge is 0.303 e. The summed E-state index contributed by atoms with van der Waals surface area (Å²) in [6, 6.07) is 5.61. The molecule has 1 aromatic heterocycles. The Kier molecular flexibility index (Phi) is 4.57. The highest BCUT2D eigenvalue weighted by Gasteiger charge is 2.26. The van der Waals surface area contributed by atoms with E-state index in [1.165, 1.54) is 0 Å². The van der Waals surface area contributed by atoms with Crippen molar-refractivity contribution in [3.05, 3.63) is 23.9 Å². The molecule has 0 spiro atoms. The van der Waals surface area contributed by atoms with Gasteiger partial charge in [0.05, 0.1) is 11.6 Å². The highest BCUT2D eigenvalue weighted by molar-refractivity contribution is 5.67. The van der Waals surface area contributed by atoms with Crippen molar-refractivity contribution in [2.45, 2.75) is 26.2 Å². The number of nitriles is 1. The molecule has 0 saturated carbocycles. The predicted octanol–water partition coefficient (Wildman–Crippen LogP) is 2.28. The minimum atomic E-state index is -0.737. The third-order valence-electron chi connectivity index (χ3n) is 3.96. The number of piperidine rings is 1. The lowest BCUT2D eigenvalue weighted by Gasteiger charge is -2.36. The second kappa shape index (κ2) is 6.38. The van der Waals surface area contributed by atoms with E-state index in [2.05, 4.69) is 16.0 Å². The van der Waals surface area contributed by atoms with Crippen molar-refractivity contribution in [1.29, 1.82) is 5.26 Å². The summed E-state index contributed by atoms with van der Waals surface area (Å²) >= 11 is 0. The largest absolute Gasteiger partial charge is 0.481 e. The van der Waals surface area contributed by atoms with Crippen molar-refractivity contribution in [2.75, 3.05) is 18.0 Å². The van der Waals surface area contributed by atoms with E-state index < -0.39 is 5.97 Å². The first-order chi connectivity index (χ1) is 9.60. The van der Waals surface area contributed by atoms with Gasteiger partial charge < -0.3 is 10.0 Å². The minimum absolute atomic E-state index is 0.162. The average Bonchev–Trinajstić information content (AvgIpc) is 2.47. The van der Waals surface area contributed by atoms with Gasteiger partial charge in [-0.15, -0.1) is 0 Å². The quantitative estimate of drug-likeness (QED) is 0.910. The first-order valence-corrected chi connectivity index (χ1v) is 6.93. The summed E-state index contributed by atoms with van der Waals surface area (Å²) in [5.74, 6) is 0.609. The lowest BCUT2D eigenvalue weighted by Crippen LogP contribution is -2.38. The summed E-state index contributed by atoms with van der Waals surface area (Å²) in [6.07, 6.45) is 3.96. The first-order valence-electron chi connectivity index (χ1n) is 6.93. The molecule has 2 rings (SSSR count). The maximum absolute atomic E-state index is 10.8. The molecule has 0 amide bonds. The number of aliphatic carboxylic acids is 1. The van der Waals surface area contributed by atoms with Gasteiger partial charge in [0.25, 0.3) is 0 Å². The molecular weight excluding hydrogens is 254 g/mol. The van der Waals surface area contributed by atoms with Crippen LogP contribution in [0.3, 0.4) is 0 Å². The van der Waals surface area contributed by atoms with E-state index in [9.17, 15) is 4.79 Å². The van der Waals surface area contributed by atoms with Gasteiger partial charge in [0.2, 0.25) is 0 Å². The van der Waals surface area contributed by atoms with Crippen LogP contribution in [0, 0.1) is 23.2 Å². The van der Waals surface area contributed by atoms with Gasteiger partial charge in [-0.2, -0.15) is 5.26 Å². The summed E-state index contributed by atoms with van der Waals surface area (Å²) in [6.45, 7) is 3.73. The molecule has 1 saturated heterocycles. The van der Waals surface area contributed by atoms with Crippen LogP contribution >= 0.6 is 0 Å². The second-order valence-corrected chi connectivity index (χ2v) is 5.44. The number of aromatic nitrogens is 1. The number of rotatable bonds is 4. The van der Waals surface area contributed by atoms with Gasteiger partial charge in [0.1, 0.15) is 5.82 Å². The lowest BCUT2D eigenvalue weighted by atomic mass is 9.84. The highest BCUT2D eigenvalue weighted by atomic mass is 16.4. The van der Waals surface area contributed by atoms with Crippen molar-refractivity contribution in [1.82, 2.24) is 4.98 Å². The fourth-order valence-corrected chi connectivity index (χ4v) is 2.79. The van der Waals surface area contributed by atoms with E-state index >= 15 is 0 Å². The molecule has 1 aliphatic rings. The second-order valence-electron chi connectivity index (χ2n) is 5.44. The van der Waals surface area contributed by atoms with Gasteiger partial charge in [0, 0.05) is 25.7 Å². The topological polar surface area (TPSA) is 77.2 Å². The van der Waals surface area contributed by atoms with Crippen LogP contribution in [0.15, 0.2) is 18.3 Å². The van der Waals surface area contributed by atoms with Crippen LogP contribution in [0.1, 0.15) is 31.7 Å². The summed E-state index contributed by atoms with van der Waals surface area (Å²) in [7, 11) is 0. The van der Waals surface area contributed by atoms with Gasteiger partial charge in [-0.05, 0) is 36.8 Å². The normalized spacial score (nSPS) is 20.2. The maximum atomic E-state index is 10.8. The molecule has 1 aromatic rings. The fraction of sp³-hybridized carbons (Fsp3) is 0.533. The summed E-state index contributed by atoms with van der Waals surface area (Å²) in [4.78, 5) is 17.3. The Morgan fingerprint density at radius 1 is 1.70 bits per heavy atom. The van der Waals surface area contributed by atoms with Crippen LogP contribution in [0.4, 0.5) is 5.82 Å². The van der Waals surface area contributed by atoms with E-state index in [4.69, 9.17) is 10.4 Å². The Hall–Kier alpha value is -2.09. The van der Waals surface area contributed by atoms with Crippen LogP contribution in [0.2, 0.25) is 0 Å². The molecule has 5 nitrogen and oxygen atoms in total. The molecule has 1 aliphatic heterocycles. The molecule has 0 bridgehead atoms. The number of carboxylic acids is 1. The zero-order valence-corrected chi connectivity index (χ0v) is 11.6. The molecule has 2 atom stereocenters. The van der Waals surface area contributed by atoms with Crippen molar-refractivity contribution >= 4 is 11.8 Å². The van der Waals surface area contributed by atoms with E-state index in [0.29, 0.717) is 11.5 Å². The SMILES string of the molecule is CC(CC(=O)O)C1CCCN(c2cc(C#N)ccn2)C1. The highest BCUT2D eigenvalue weighted by Crippen LogP contribution is 2.28. The molecule has 0 aromatic carbocycles. The van der Waals surface area contributed by atoms with Gasteiger partial charge in [-0.3, -0.25) is 4.79 Å². The zero-order chi connectivity index (χ0) is 14.5. The molecule has 5 heteroatoms. The summed E-state index contributed by atoms with van der Waals surface area (Å²) < 4.78 is 0. The minimum Gasteiger partial charge on any atom is -0.481 e. The number of anilines is 1. The van der Waals surface area contributed by atoms with Crippen LogP contribution in [0.5, 0.6) is 0 Å². The summed E-state index contributed by atoms with van der Waals surface area (Å²) in [5, 5.41) is 17.8. The molecular formula is C15H19N3O2. The molecule has 0 aliphatic carbocycles. The molecule has 2 unspecified atom stereocenters. The average molecular weight is 273 g/mol. The van der Waals surface area contributed by atoms with Gasteiger partial charge in [-0.25, -0.2) is 4.98 Å². The summed E-state index contributed by atoms with van der Waals surface area (Å²) in [5.41, 5.74) is 0.607. The van der Waals surface area contributed by atoms with Gasteiger partial charge >= 0.3 is 5.97 Å². The monoisotopic (exact) mass is 273 g/mol.